The van der Waals surface area contributed by atoms with Crippen LogP contribution in [0.5, 0.6) is 5.75 Å². The third-order valence-corrected chi connectivity index (χ3v) is 4.39. The average molecular weight is 297 g/mol. The lowest BCUT2D eigenvalue weighted by atomic mass is 10.0. The van der Waals surface area contributed by atoms with E-state index in [1.807, 2.05) is 12.1 Å². The molecular formula is C16H25ClN2O. The van der Waals surface area contributed by atoms with E-state index in [4.69, 9.17) is 16.3 Å². The minimum Gasteiger partial charge on any atom is -0.497 e. The molecule has 1 aliphatic heterocycles. The highest BCUT2D eigenvalue weighted by Gasteiger charge is 2.27. The standard InChI is InChI=1S/C16H25ClN2O/c1-4-6-12-11-19(13(5-2)10-18-12)16-9-14(20-3)7-8-15(16)17/h7-9,12-13,18H,4-6,10-11H2,1-3H3. The van der Waals surface area contributed by atoms with Crippen molar-refractivity contribution in [3.63, 3.8) is 0 Å². The fourth-order valence-electron chi connectivity index (χ4n) is 2.91. The van der Waals surface area contributed by atoms with Crippen LogP contribution in [0.3, 0.4) is 0 Å². The molecule has 3 nitrogen and oxygen atoms in total. The zero-order valence-corrected chi connectivity index (χ0v) is 13.4. The van der Waals surface area contributed by atoms with E-state index >= 15 is 0 Å². The van der Waals surface area contributed by atoms with E-state index < -0.39 is 0 Å². The number of hydrogen-bond donors (Lipinski definition) is 1. The van der Waals surface area contributed by atoms with Gasteiger partial charge in [0.25, 0.3) is 0 Å². The quantitative estimate of drug-likeness (QED) is 0.896. The van der Waals surface area contributed by atoms with Gasteiger partial charge in [-0.3, -0.25) is 0 Å². The van der Waals surface area contributed by atoms with Gasteiger partial charge < -0.3 is 15.0 Å². The van der Waals surface area contributed by atoms with Crippen LogP contribution in [-0.2, 0) is 0 Å². The Balaban J connectivity index is 2.25. The van der Waals surface area contributed by atoms with Gasteiger partial charge in [0.15, 0.2) is 0 Å². The van der Waals surface area contributed by atoms with Crippen LogP contribution in [0.1, 0.15) is 33.1 Å². The molecule has 2 rings (SSSR count). The molecule has 1 aromatic carbocycles. The number of nitrogens with zero attached hydrogens (tertiary/aromatic N) is 1. The Morgan fingerprint density at radius 3 is 2.85 bits per heavy atom. The summed E-state index contributed by atoms with van der Waals surface area (Å²) in [7, 11) is 1.70. The van der Waals surface area contributed by atoms with Crippen LogP contribution in [0.15, 0.2) is 18.2 Å². The fourth-order valence-corrected chi connectivity index (χ4v) is 3.13. The Kier molecular flexibility index (Phi) is 5.55. The molecule has 0 spiro atoms. The smallest absolute Gasteiger partial charge is 0.121 e. The van der Waals surface area contributed by atoms with E-state index in [0.717, 1.165) is 36.0 Å². The maximum Gasteiger partial charge on any atom is 0.121 e. The molecule has 112 valence electrons. The number of ether oxygens (including phenoxy) is 1. The Morgan fingerprint density at radius 1 is 1.40 bits per heavy atom. The molecule has 2 atom stereocenters. The fraction of sp³-hybridized carbons (Fsp3) is 0.625. The Labute approximate surface area is 127 Å². The molecule has 0 bridgehead atoms. The average Bonchev–Trinajstić information content (AvgIpc) is 2.48. The normalized spacial score (nSPS) is 22.9. The van der Waals surface area contributed by atoms with Crippen molar-refractivity contribution in [3.8, 4) is 5.75 Å². The number of anilines is 1. The molecule has 1 aromatic rings. The van der Waals surface area contributed by atoms with Crippen molar-refractivity contribution < 1.29 is 4.74 Å². The second-order valence-electron chi connectivity index (χ2n) is 5.43. The van der Waals surface area contributed by atoms with Crippen molar-refractivity contribution in [3.05, 3.63) is 23.2 Å². The van der Waals surface area contributed by atoms with Gasteiger partial charge in [-0.25, -0.2) is 0 Å². The van der Waals surface area contributed by atoms with Crippen molar-refractivity contribution in [2.75, 3.05) is 25.1 Å². The first-order valence-electron chi connectivity index (χ1n) is 7.53. The first-order valence-corrected chi connectivity index (χ1v) is 7.90. The van der Waals surface area contributed by atoms with Gasteiger partial charge in [0.1, 0.15) is 5.75 Å². The summed E-state index contributed by atoms with van der Waals surface area (Å²) in [5.74, 6) is 0.866. The van der Waals surface area contributed by atoms with Gasteiger partial charge in [0, 0.05) is 31.2 Å². The number of rotatable bonds is 5. The summed E-state index contributed by atoms with van der Waals surface area (Å²) in [5, 5.41) is 4.46. The van der Waals surface area contributed by atoms with Crippen LogP contribution in [0.4, 0.5) is 5.69 Å². The predicted molar refractivity (Wildman–Crippen MR) is 86.1 cm³/mol. The zero-order valence-electron chi connectivity index (χ0n) is 12.7. The molecule has 0 aliphatic carbocycles. The number of hydrogen-bond acceptors (Lipinski definition) is 3. The third kappa shape index (κ3) is 3.39. The second-order valence-corrected chi connectivity index (χ2v) is 5.83. The van der Waals surface area contributed by atoms with E-state index in [-0.39, 0.29) is 0 Å². The molecule has 1 fully saturated rings. The summed E-state index contributed by atoms with van der Waals surface area (Å²) in [6.07, 6.45) is 3.52. The molecule has 0 amide bonds. The lowest BCUT2D eigenvalue weighted by Crippen LogP contribution is -2.56. The molecule has 0 aromatic heterocycles. The highest BCUT2D eigenvalue weighted by molar-refractivity contribution is 6.33. The van der Waals surface area contributed by atoms with Crippen molar-refractivity contribution in [2.24, 2.45) is 0 Å². The Morgan fingerprint density at radius 2 is 2.20 bits per heavy atom. The summed E-state index contributed by atoms with van der Waals surface area (Å²) >= 11 is 6.42. The highest BCUT2D eigenvalue weighted by Crippen LogP contribution is 2.33. The van der Waals surface area contributed by atoms with E-state index in [0.29, 0.717) is 12.1 Å². The van der Waals surface area contributed by atoms with E-state index in [9.17, 15) is 0 Å². The molecule has 4 heteroatoms. The summed E-state index contributed by atoms with van der Waals surface area (Å²) in [6.45, 7) is 6.50. The van der Waals surface area contributed by atoms with Crippen LogP contribution < -0.4 is 15.0 Å². The van der Waals surface area contributed by atoms with Crippen LogP contribution in [0.25, 0.3) is 0 Å². The first-order chi connectivity index (χ1) is 9.69. The van der Waals surface area contributed by atoms with Gasteiger partial charge in [-0.05, 0) is 25.0 Å². The summed E-state index contributed by atoms with van der Waals surface area (Å²) in [6, 6.07) is 6.94. The van der Waals surface area contributed by atoms with Crippen LogP contribution in [0.2, 0.25) is 5.02 Å². The number of piperazine rings is 1. The van der Waals surface area contributed by atoms with Gasteiger partial charge >= 0.3 is 0 Å². The van der Waals surface area contributed by atoms with Gasteiger partial charge in [0.2, 0.25) is 0 Å². The minimum absolute atomic E-state index is 0.493. The topological polar surface area (TPSA) is 24.5 Å². The van der Waals surface area contributed by atoms with Crippen molar-refractivity contribution in [1.82, 2.24) is 5.32 Å². The van der Waals surface area contributed by atoms with Gasteiger partial charge in [-0.15, -0.1) is 0 Å². The monoisotopic (exact) mass is 296 g/mol. The number of halogens is 1. The maximum absolute atomic E-state index is 6.42. The highest BCUT2D eigenvalue weighted by atomic mass is 35.5. The summed E-state index contributed by atoms with van der Waals surface area (Å²) in [4.78, 5) is 2.45. The SMILES string of the molecule is CCCC1CN(c2cc(OC)ccc2Cl)C(CC)CN1. The largest absolute Gasteiger partial charge is 0.497 e. The predicted octanol–water partition coefficient (Wildman–Crippen LogP) is 3.71. The van der Waals surface area contributed by atoms with Crippen LogP contribution in [0, 0.1) is 0 Å². The number of nitrogens with one attached hydrogen (secondary N) is 1. The lowest BCUT2D eigenvalue weighted by Gasteiger charge is -2.42. The van der Waals surface area contributed by atoms with Crippen LogP contribution >= 0.6 is 11.6 Å². The molecule has 2 unspecified atom stereocenters. The van der Waals surface area contributed by atoms with Gasteiger partial charge in [-0.2, -0.15) is 0 Å². The molecule has 0 saturated carbocycles. The van der Waals surface area contributed by atoms with Crippen LogP contribution in [-0.4, -0.2) is 32.3 Å². The minimum atomic E-state index is 0.493. The third-order valence-electron chi connectivity index (χ3n) is 4.07. The first kappa shape index (κ1) is 15.5. The molecular weight excluding hydrogens is 272 g/mol. The number of benzene rings is 1. The van der Waals surface area contributed by atoms with E-state index in [2.05, 4.69) is 30.1 Å². The zero-order chi connectivity index (χ0) is 14.5. The summed E-state index contributed by atoms with van der Waals surface area (Å²) < 4.78 is 5.34. The molecule has 1 N–H and O–H groups in total. The Hall–Kier alpha value is -0.930. The lowest BCUT2D eigenvalue weighted by molar-refractivity contribution is 0.368. The molecule has 0 radical (unpaired) electrons. The molecule has 1 aliphatic rings. The van der Waals surface area contributed by atoms with E-state index in [1.165, 1.54) is 12.8 Å². The Bertz CT molecular complexity index is 438. The number of methoxy groups -OCH3 is 1. The van der Waals surface area contributed by atoms with Gasteiger partial charge in [0.05, 0.1) is 17.8 Å². The molecule has 1 heterocycles. The van der Waals surface area contributed by atoms with Crippen molar-refractivity contribution in [1.29, 1.82) is 0 Å². The second kappa shape index (κ2) is 7.19. The molecule has 20 heavy (non-hydrogen) atoms. The maximum atomic E-state index is 6.42. The molecule has 1 saturated heterocycles. The van der Waals surface area contributed by atoms with Crippen molar-refractivity contribution in [2.45, 2.75) is 45.2 Å². The van der Waals surface area contributed by atoms with Gasteiger partial charge in [-0.1, -0.05) is 31.9 Å². The van der Waals surface area contributed by atoms with Crippen molar-refractivity contribution >= 4 is 17.3 Å². The summed E-state index contributed by atoms with van der Waals surface area (Å²) in [5.41, 5.74) is 1.10. The van der Waals surface area contributed by atoms with E-state index in [1.54, 1.807) is 7.11 Å².